The lowest BCUT2D eigenvalue weighted by atomic mass is 10.2. The number of aromatic amines is 1. The minimum Gasteiger partial charge on any atom is -0.378 e. The second-order valence-corrected chi connectivity index (χ2v) is 2.65. The van der Waals surface area contributed by atoms with Crippen molar-refractivity contribution in [2.45, 2.75) is 6.61 Å². The van der Waals surface area contributed by atoms with Gasteiger partial charge < -0.3 is 4.74 Å². The summed E-state index contributed by atoms with van der Waals surface area (Å²) in [7, 11) is 1.67. The van der Waals surface area contributed by atoms with Crippen LogP contribution in [0.1, 0.15) is 5.69 Å². The quantitative estimate of drug-likeness (QED) is 0.730. The minimum atomic E-state index is 0.560. The van der Waals surface area contributed by atoms with Gasteiger partial charge >= 0.3 is 0 Å². The number of hydrogen-bond donors (Lipinski definition) is 1. The molecule has 3 nitrogen and oxygen atoms in total. The van der Waals surface area contributed by atoms with Gasteiger partial charge in [0.2, 0.25) is 0 Å². The van der Waals surface area contributed by atoms with Crippen molar-refractivity contribution in [1.82, 2.24) is 10.2 Å². The Labute approximate surface area is 70.4 Å². The Bertz CT molecular complexity index is 381. The van der Waals surface area contributed by atoms with Gasteiger partial charge in [0.1, 0.15) is 0 Å². The van der Waals surface area contributed by atoms with Crippen LogP contribution in [-0.2, 0) is 11.3 Å². The Morgan fingerprint density at radius 1 is 1.42 bits per heavy atom. The van der Waals surface area contributed by atoms with Crippen LogP contribution in [0.4, 0.5) is 0 Å². The van der Waals surface area contributed by atoms with Crippen LogP contribution in [0.5, 0.6) is 0 Å². The highest BCUT2D eigenvalue weighted by molar-refractivity contribution is 5.80. The van der Waals surface area contributed by atoms with Crippen molar-refractivity contribution in [2.75, 3.05) is 7.11 Å². The molecule has 0 aliphatic rings. The highest BCUT2D eigenvalue weighted by Crippen LogP contribution is 2.14. The summed E-state index contributed by atoms with van der Waals surface area (Å²) in [4.78, 5) is 0. The molecule has 1 N–H and O–H groups in total. The van der Waals surface area contributed by atoms with Crippen LogP contribution in [0.15, 0.2) is 24.3 Å². The number of methoxy groups -OCH3 is 1. The largest absolute Gasteiger partial charge is 0.378 e. The second kappa shape index (κ2) is 2.95. The van der Waals surface area contributed by atoms with Crippen LogP contribution in [-0.4, -0.2) is 17.3 Å². The molecule has 2 aromatic rings. The third-order valence-corrected chi connectivity index (χ3v) is 1.83. The number of nitrogens with one attached hydrogen (secondary N) is 1. The maximum Gasteiger partial charge on any atom is 0.0957 e. The van der Waals surface area contributed by atoms with Crippen molar-refractivity contribution < 1.29 is 4.74 Å². The lowest BCUT2D eigenvalue weighted by Crippen LogP contribution is -1.87. The third-order valence-electron chi connectivity index (χ3n) is 1.83. The Hall–Kier alpha value is -1.35. The van der Waals surface area contributed by atoms with Gasteiger partial charge in [0, 0.05) is 12.5 Å². The van der Waals surface area contributed by atoms with Gasteiger partial charge in [-0.05, 0) is 6.07 Å². The van der Waals surface area contributed by atoms with Gasteiger partial charge in [0.25, 0.3) is 0 Å². The Kier molecular flexibility index (Phi) is 1.80. The summed E-state index contributed by atoms with van der Waals surface area (Å²) in [5.74, 6) is 0. The van der Waals surface area contributed by atoms with E-state index in [0.29, 0.717) is 6.61 Å². The summed E-state index contributed by atoms with van der Waals surface area (Å²) in [5.41, 5.74) is 2.03. The molecule has 0 aliphatic carbocycles. The molecule has 0 atom stereocenters. The zero-order valence-corrected chi connectivity index (χ0v) is 6.87. The van der Waals surface area contributed by atoms with E-state index >= 15 is 0 Å². The van der Waals surface area contributed by atoms with E-state index in [1.165, 1.54) is 0 Å². The SMILES string of the molecule is COCc1n[nH]c2ccccc12. The molecule has 0 saturated carbocycles. The number of hydrogen-bond acceptors (Lipinski definition) is 2. The molecule has 0 bridgehead atoms. The van der Waals surface area contributed by atoms with Crippen LogP contribution >= 0.6 is 0 Å². The summed E-state index contributed by atoms with van der Waals surface area (Å²) in [6.07, 6.45) is 0. The van der Waals surface area contributed by atoms with Crippen molar-refractivity contribution in [3.63, 3.8) is 0 Å². The van der Waals surface area contributed by atoms with Crippen molar-refractivity contribution in [1.29, 1.82) is 0 Å². The number of rotatable bonds is 2. The fourth-order valence-electron chi connectivity index (χ4n) is 1.27. The molecule has 62 valence electrons. The van der Waals surface area contributed by atoms with Gasteiger partial charge in [-0.3, -0.25) is 5.10 Å². The predicted octanol–water partition coefficient (Wildman–Crippen LogP) is 1.71. The van der Waals surface area contributed by atoms with Crippen molar-refractivity contribution >= 4 is 10.9 Å². The molecule has 12 heavy (non-hydrogen) atoms. The minimum absolute atomic E-state index is 0.560. The molecule has 0 unspecified atom stereocenters. The monoisotopic (exact) mass is 162 g/mol. The number of aromatic nitrogens is 2. The lowest BCUT2D eigenvalue weighted by molar-refractivity contribution is 0.182. The first-order valence-electron chi connectivity index (χ1n) is 3.83. The standard InChI is InChI=1S/C9H10N2O/c1-12-6-9-7-4-2-3-5-8(7)10-11-9/h2-5H,6H2,1H3,(H,10,11). The van der Waals surface area contributed by atoms with Crippen LogP contribution in [0.25, 0.3) is 10.9 Å². The molecule has 0 fully saturated rings. The molecular formula is C9H10N2O. The van der Waals surface area contributed by atoms with E-state index in [4.69, 9.17) is 4.74 Å². The second-order valence-electron chi connectivity index (χ2n) is 2.65. The zero-order valence-electron chi connectivity index (χ0n) is 6.87. The fourth-order valence-corrected chi connectivity index (χ4v) is 1.27. The van der Waals surface area contributed by atoms with E-state index in [-0.39, 0.29) is 0 Å². The van der Waals surface area contributed by atoms with Crippen molar-refractivity contribution in [3.8, 4) is 0 Å². The molecule has 2 rings (SSSR count). The molecular weight excluding hydrogens is 152 g/mol. The molecule has 0 saturated heterocycles. The van der Waals surface area contributed by atoms with Gasteiger partial charge in [0.05, 0.1) is 17.8 Å². The molecule has 0 radical (unpaired) electrons. The summed E-state index contributed by atoms with van der Waals surface area (Å²) in [6.45, 7) is 0.560. The van der Waals surface area contributed by atoms with E-state index in [1.54, 1.807) is 7.11 Å². The van der Waals surface area contributed by atoms with Crippen LogP contribution in [0.3, 0.4) is 0 Å². The average molecular weight is 162 g/mol. The molecule has 3 heteroatoms. The zero-order chi connectivity index (χ0) is 8.39. The lowest BCUT2D eigenvalue weighted by Gasteiger charge is -1.92. The van der Waals surface area contributed by atoms with Crippen molar-refractivity contribution in [3.05, 3.63) is 30.0 Å². The number of H-pyrrole nitrogens is 1. The van der Waals surface area contributed by atoms with Gasteiger partial charge in [-0.15, -0.1) is 0 Å². The molecule has 1 aromatic carbocycles. The van der Waals surface area contributed by atoms with Crippen LogP contribution < -0.4 is 0 Å². The number of fused-ring (bicyclic) bond motifs is 1. The van der Waals surface area contributed by atoms with E-state index in [9.17, 15) is 0 Å². The van der Waals surface area contributed by atoms with Crippen LogP contribution in [0.2, 0.25) is 0 Å². The molecule has 0 amide bonds. The maximum absolute atomic E-state index is 5.01. The number of para-hydroxylation sites is 1. The average Bonchev–Trinajstić information content (AvgIpc) is 2.50. The van der Waals surface area contributed by atoms with Crippen molar-refractivity contribution in [2.24, 2.45) is 0 Å². The Balaban J connectivity index is 2.55. The Morgan fingerprint density at radius 3 is 3.08 bits per heavy atom. The molecule has 1 heterocycles. The van der Waals surface area contributed by atoms with Gasteiger partial charge in [-0.25, -0.2) is 0 Å². The number of ether oxygens (including phenoxy) is 1. The van der Waals surface area contributed by atoms with E-state index < -0.39 is 0 Å². The molecule has 0 spiro atoms. The first-order valence-corrected chi connectivity index (χ1v) is 3.83. The topological polar surface area (TPSA) is 37.9 Å². The smallest absolute Gasteiger partial charge is 0.0957 e. The van der Waals surface area contributed by atoms with E-state index in [1.807, 2.05) is 24.3 Å². The predicted molar refractivity (Wildman–Crippen MR) is 46.8 cm³/mol. The summed E-state index contributed by atoms with van der Waals surface area (Å²) < 4.78 is 5.01. The highest BCUT2D eigenvalue weighted by Gasteiger charge is 2.02. The molecule has 0 aliphatic heterocycles. The van der Waals surface area contributed by atoms with E-state index in [0.717, 1.165) is 16.6 Å². The highest BCUT2D eigenvalue weighted by atomic mass is 16.5. The number of benzene rings is 1. The summed E-state index contributed by atoms with van der Waals surface area (Å²) in [6, 6.07) is 8.02. The third kappa shape index (κ3) is 1.08. The van der Waals surface area contributed by atoms with Gasteiger partial charge in [-0.2, -0.15) is 5.10 Å². The maximum atomic E-state index is 5.01. The fraction of sp³-hybridized carbons (Fsp3) is 0.222. The first kappa shape index (κ1) is 7.31. The van der Waals surface area contributed by atoms with Gasteiger partial charge in [0.15, 0.2) is 0 Å². The summed E-state index contributed by atoms with van der Waals surface area (Å²) in [5, 5.41) is 8.22. The first-order chi connectivity index (χ1) is 5.92. The Morgan fingerprint density at radius 2 is 2.25 bits per heavy atom. The molecule has 1 aromatic heterocycles. The van der Waals surface area contributed by atoms with Crippen LogP contribution in [0, 0.1) is 0 Å². The summed E-state index contributed by atoms with van der Waals surface area (Å²) >= 11 is 0. The normalized spacial score (nSPS) is 10.8. The number of nitrogens with zero attached hydrogens (tertiary/aromatic N) is 1. The van der Waals surface area contributed by atoms with Gasteiger partial charge in [-0.1, -0.05) is 18.2 Å². The van der Waals surface area contributed by atoms with E-state index in [2.05, 4.69) is 10.2 Å².